The summed E-state index contributed by atoms with van der Waals surface area (Å²) in [4.78, 5) is 10.6. The average Bonchev–Trinajstić information content (AvgIpc) is 2.00. The van der Waals surface area contributed by atoms with Crippen molar-refractivity contribution >= 4 is 28.4 Å². The first-order valence-electron chi connectivity index (χ1n) is 2.91. The second kappa shape index (κ2) is 3.29. The summed E-state index contributed by atoms with van der Waals surface area (Å²) in [6, 6.07) is 2.02. The van der Waals surface area contributed by atoms with Crippen LogP contribution in [0.3, 0.4) is 0 Å². The molecule has 5 heteroatoms. The van der Waals surface area contributed by atoms with E-state index in [0.29, 0.717) is 0 Å². The first-order chi connectivity index (χ1) is 5.54. The van der Waals surface area contributed by atoms with Gasteiger partial charge in [-0.1, -0.05) is 11.6 Å². The molecule has 12 heavy (non-hydrogen) atoms. The lowest BCUT2D eigenvalue weighted by Crippen LogP contribution is -1.91. The molecule has 0 spiro atoms. The van der Waals surface area contributed by atoms with Crippen LogP contribution in [-0.4, -0.2) is 10.3 Å². The lowest BCUT2D eigenvalue weighted by Gasteiger charge is -2.01. The summed E-state index contributed by atoms with van der Waals surface area (Å²) in [6.45, 7) is 0. The molecule has 0 atom stereocenters. The Morgan fingerprint density at radius 1 is 1.50 bits per heavy atom. The number of phenols is 1. The minimum Gasteiger partial charge on any atom is -0.505 e. The van der Waals surface area contributed by atoms with Gasteiger partial charge in [0.1, 0.15) is 16.6 Å². The van der Waals surface area contributed by atoms with Crippen LogP contribution in [0.4, 0.5) is 4.39 Å². The third-order valence-corrected chi connectivity index (χ3v) is 1.84. The van der Waals surface area contributed by atoms with E-state index in [1.165, 1.54) is 0 Å². The highest BCUT2D eigenvalue weighted by Crippen LogP contribution is 2.30. The van der Waals surface area contributed by atoms with Crippen molar-refractivity contribution in [1.82, 2.24) is 0 Å². The number of aromatic hydroxyl groups is 1. The average molecular weight is 209 g/mol. The van der Waals surface area contributed by atoms with E-state index in [4.69, 9.17) is 28.3 Å². The zero-order chi connectivity index (χ0) is 9.30. The molecule has 0 radical (unpaired) electrons. The van der Waals surface area contributed by atoms with Crippen LogP contribution in [0.2, 0.25) is 5.02 Å². The Hall–Kier alpha value is -0.800. The van der Waals surface area contributed by atoms with E-state index in [1.54, 1.807) is 0 Å². The highest BCUT2D eigenvalue weighted by molar-refractivity contribution is 6.68. The molecule has 0 fully saturated rings. The first-order valence-corrected chi connectivity index (χ1v) is 3.66. The number of carbonyl (C=O) groups is 1. The number of hydrogen-bond donors (Lipinski definition) is 1. The van der Waals surface area contributed by atoms with Crippen molar-refractivity contribution in [2.24, 2.45) is 0 Å². The lowest BCUT2D eigenvalue weighted by molar-refractivity contribution is 0.107. The maximum Gasteiger partial charge on any atom is 0.256 e. The molecule has 0 bridgehead atoms. The van der Waals surface area contributed by atoms with Gasteiger partial charge < -0.3 is 5.11 Å². The molecule has 1 aromatic rings. The third-order valence-electron chi connectivity index (χ3n) is 1.28. The molecule has 0 amide bonds. The van der Waals surface area contributed by atoms with Gasteiger partial charge in [-0.2, -0.15) is 0 Å². The van der Waals surface area contributed by atoms with E-state index in [0.717, 1.165) is 12.1 Å². The van der Waals surface area contributed by atoms with Gasteiger partial charge in [0.15, 0.2) is 0 Å². The molecule has 1 rings (SSSR count). The van der Waals surface area contributed by atoms with Crippen LogP contribution in [0.25, 0.3) is 0 Å². The van der Waals surface area contributed by atoms with Gasteiger partial charge in [-0.15, -0.1) is 0 Å². The van der Waals surface area contributed by atoms with Gasteiger partial charge in [0.25, 0.3) is 5.24 Å². The fraction of sp³-hybridized carbons (Fsp3) is 0. The van der Waals surface area contributed by atoms with Gasteiger partial charge in [0, 0.05) is 0 Å². The van der Waals surface area contributed by atoms with Gasteiger partial charge in [0.05, 0.1) is 5.56 Å². The van der Waals surface area contributed by atoms with Crippen molar-refractivity contribution < 1.29 is 14.3 Å². The van der Waals surface area contributed by atoms with Crippen LogP contribution in [0.15, 0.2) is 12.1 Å². The first kappa shape index (κ1) is 9.29. The molecule has 1 aromatic carbocycles. The molecule has 0 saturated heterocycles. The van der Waals surface area contributed by atoms with Crippen LogP contribution in [0.5, 0.6) is 5.75 Å². The third kappa shape index (κ3) is 1.52. The van der Waals surface area contributed by atoms with Crippen LogP contribution in [0, 0.1) is 5.82 Å². The van der Waals surface area contributed by atoms with Crippen molar-refractivity contribution in [2.45, 2.75) is 0 Å². The van der Waals surface area contributed by atoms with Gasteiger partial charge >= 0.3 is 0 Å². The fourth-order valence-electron chi connectivity index (χ4n) is 0.699. The summed E-state index contributed by atoms with van der Waals surface area (Å²) in [5.41, 5.74) is -0.205. The Kier molecular flexibility index (Phi) is 2.55. The quantitative estimate of drug-likeness (QED) is 0.721. The topological polar surface area (TPSA) is 37.3 Å². The second-order valence-corrected chi connectivity index (χ2v) is 2.75. The Labute approximate surface area is 77.5 Å². The predicted molar refractivity (Wildman–Crippen MR) is 43.3 cm³/mol. The smallest absolute Gasteiger partial charge is 0.256 e. The van der Waals surface area contributed by atoms with Gasteiger partial charge in [-0.3, -0.25) is 4.79 Å². The maximum absolute atomic E-state index is 12.6. The molecular formula is C7H3Cl2FO2. The van der Waals surface area contributed by atoms with Crippen LogP contribution in [-0.2, 0) is 0 Å². The molecule has 2 nitrogen and oxygen atoms in total. The van der Waals surface area contributed by atoms with Crippen molar-refractivity contribution in [2.75, 3.05) is 0 Å². The summed E-state index contributed by atoms with van der Waals surface area (Å²) < 4.78 is 12.6. The molecule has 0 unspecified atom stereocenters. The van der Waals surface area contributed by atoms with E-state index in [2.05, 4.69) is 0 Å². The predicted octanol–water partition coefficient (Wildman–Crippen LogP) is 2.56. The summed E-state index contributed by atoms with van der Waals surface area (Å²) in [7, 11) is 0. The monoisotopic (exact) mass is 208 g/mol. The number of hydrogen-bond acceptors (Lipinski definition) is 2. The number of rotatable bonds is 1. The molecule has 0 aromatic heterocycles. The Balaban J connectivity index is 3.36. The van der Waals surface area contributed by atoms with E-state index in [9.17, 15) is 9.18 Å². The van der Waals surface area contributed by atoms with E-state index < -0.39 is 21.8 Å². The lowest BCUT2D eigenvalue weighted by atomic mass is 10.2. The zero-order valence-corrected chi connectivity index (χ0v) is 7.16. The summed E-state index contributed by atoms with van der Waals surface area (Å²) in [5.74, 6) is -1.42. The van der Waals surface area contributed by atoms with E-state index >= 15 is 0 Å². The highest BCUT2D eigenvalue weighted by atomic mass is 35.5. The molecule has 0 aliphatic carbocycles. The molecule has 1 N–H and O–H groups in total. The fourth-order valence-corrected chi connectivity index (χ4v) is 1.02. The Morgan fingerprint density at radius 2 is 2.08 bits per heavy atom. The molecule has 0 saturated carbocycles. The number of phenolic OH excluding ortho intramolecular Hbond substituents is 1. The molecule has 0 heterocycles. The summed E-state index contributed by atoms with van der Waals surface area (Å²) in [5, 5.41) is 7.69. The van der Waals surface area contributed by atoms with Gasteiger partial charge in [0.2, 0.25) is 0 Å². The normalized spacial score (nSPS) is 9.92. The minimum absolute atomic E-state index is 0.205. The van der Waals surface area contributed by atoms with E-state index in [1.807, 2.05) is 0 Å². The Bertz CT molecular complexity index is 338. The van der Waals surface area contributed by atoms with Crippen molar-refractivity contribution in [3.05, 3.63) is 28.5 Å². The van der Waals surface area contributed by atoms with Gasteiger partial charge in [-0.25, -0.2) is 4.39 Å². The van der Waals surface area contributed by atoms with Crippen molar-refractivity contribution in [3.8, 4) is 5.75 Å². The number of benzene rings is 1. The standard InChI is InChI=1S/C7H3Cl2FO2/c8-5-4(10)2-1-3(6(5)11)7(9)12/h1-2,11H. The van der Waals surface area contributed by atoms with Crippen LogP contribution >= 0.6 is 23.2 Å². The Morgan fingerprint density at radius 3 is 2.58 bits per heavy atom. The molecule has 64 valence electrons. The highest BCUT2D eigenvalue weighted by Gasteiger charge is 2.14. The zero-order valence-electron chi connectivity index (χ0n) is 5.64. The molecular weight excluding hydrogens is 206 g/mol. The molecule has 0 aliphatic rings. The maximum atomic E-state index is 12.6. The SMILES string of the molecule is O=C(Cl)c1ccc(F)c(Cl)c1O. The minimum atomic E-state index is -0.880. The largest absolute Gasteiger partial charge is 0.505 e. The van der Waals surface area contributed by atoms with Gasteiger partial charge in [-0.05, 0) is 23.7 Å². The summed E-state index contributed by atoms with van der Waals surface area (Å²) >= 11 is 10.3. The van der Waals surface area contributed by atoms with Crippen LogP contribution in [0.1, 0.15) is 10.4 Å². The van der Waals surface area contributed by atoms with E-state index in [-0.39, 0.29) is 5.56 Å². The molecule has 0 aliphatic heterocycles. The van der Waals surface area contributed by atoms with Crippen LogP contribution < -0.4 is 0 Å². The van der Waals surface area contributed by atoms with Crippen molar-refractivity contribution in [1.29, 1.82) is 0 Å². The summed E-state index contributed by atoms with van der Waals surface area (Å²) in [6.07, 6.45) is 0. The number of carbonyl (C=O) groups excluding carboxylic acids is 1. The van der Waals surface area contributed by atoms with Crippen molar-refractivity contribution in [3.63, 3.8) is 0 Å². The second-order valence-electron chi connectivity index (χ2n) is 2.03. The number of halogens is 3.